The van der Waals surface area contributed by atoms with Gasteiger partial charge in [0.1, 0.15) is 5.82 Å². The van der Waals surface area contributed by atoms with Crippen molar-refractivity contribution in [2.45, 2.75) is 6.61 Å². The molecule has 0 unspecified atom stereocenters. The van der Waals surface area contributed by atoms with Gasteiger partial charge in [0.05, 0.1) is 12.3 Å². The highest BCUT2D eigenvalue weighted by Crippen LogP contribution is 2.28. The van der Waals surface area contributed by atoms with Gasteiger partial charge in [0.15, 0.2) is 5.84 Å². The number of amidine groups is 1. The number of nitrogens with zero attached hydrogens (tertiary/aromatic N) is 1. The molecular formula is C21H20FN3O. The maximum atomic E-state index is 14.0. The van der Waals surface area contributed by atoms with Gasteiger partial charge in [-0.2, -0.15) is 5.10 Å². The number of nitrogens with one attached hydrogen (secondary N) is 1. The Balaban J connectivity index is 2.05. The summed E-state index contributed by atoms with van der Waals surface area (Å²) in [6, 6.07) is 22.1. The van der Waals surface area contributed by atoms with E-state index in [1.807, 2.05) is 48.5 Å². The molecule has 3 N–H and O–H groups in total. The summed E-state index contributed by atoms with van der Waals surface area (Å²) in [6.45, 7) is 0.486. The van der Waals surface area contributed by atoms with Crippen LogP contribution >= 0.6 is 0 Å². The quantitative estimate of drug-likeness (QED) is 0.311. The molecule has 0 heterocycles. The van der Waals surface area contributed by atoms with E-state index in [0.717, 1.165) is 22.3 Å². The Labute approximate surface area is 152 Å². The van der Waals surface area contributed by atoms with Crippen molar-refractivity contribution in [1.82, 2.24) is 0 Å². The van der Waals surface area contributed by atoms with Crippen LogP contribution in [-0.2, 0) is 11.3 Å². The third-order valence-electron chi connectivity index (χ3n) is 4.05. The lowest BCUT2D eigenvalue weighted by molar-refractivity contribution is 0.185. The second-order valence-electron chi connectivity index (χ2n) is 5.72. The highest BCUT2D eigenvalue weighted by atomic mass is 19.1. The molecule has 0 atom stereocenters. The molecule has 0 radical (unpaired) electrons. The molecule has 0 fully saturated rings. The summed E-state index contributed by atoms with van der Waals surface area (Å²) in [4.78, 5) is 0. The van der Waals surface area contributed by atoms with Gasteiger partial charge < -0.3 is 15.9 Å². The summed E-state index contributed by atoms with van der Waals surface area (Å²) in [5.74, 6) is 5.64. The Morgan fingerprint density at radius 1 is 0.962 bits per heavy atom. The first kappa shape index (κ1) is 17.6. The minimum Gasteiger partial charge on any atom is -0.380 e. The van der Waals surface area contributed by atoms with Crippen molar-refractivity contribution in [2.75, 3.05) is 12.4 Å². The maximum Gasteiger partial charge on any atom is 0.157 e. The summed E-state index contributed by atoms with van der Waals surface area (Å²) in [7, 11) is 1.66. The fourth-order valence-electron chi connectivity index (χ4n) is 2.85. The van der Waals surface area contributed by atoms with Crippen LogP contribution in [0.15, 0.2) is 77.9 Å². The van der Waals surface area contributed by atoms with E-state index >= 15 is 0 Å². The zero-order chi connectivity index (χ0) is 18.4. The molecule has 4 nitrogen and oxygen atoms in total. The van der Waals surface area contributed by atoms with E-state index in [0.29, 0.717) is 18.1 Å². The standard InChI is InChI=1S/C21H20FN3O/c1-26-14-15-8-2-3-9-16(15)17-10-4-5-11-18(17)21(25-23)24-20-13-7-6-12-19(20)22/h2-13H,14,23H2,1H3,(H,24,25). The molecule has 0 aliphatic carbocycles. The zero-order valence-corrected chi connectivity index (χ0v) is 14.4. The van der Waals surface area contributed by atoms with E-state index < -0.39 is 0 Å². The number of nitrogens with two attached hydrogens (primary N) is 1. The van der Waals surface area contributed by atoms with Crippen LogP contribution in [0.1, 0.15) is 11.1 Å². The number of hydrogen-bond acceptors (Lipinski definition) is 3. The topological polar surface area (TPSA) is 59.6 Å². The predicted molar refractivity (Wildman–Crippen MR) is 103 cm³/mol. The minimum atomic E-state index is -0.370. The monoisotopic (exact) mass is 349 g/mol. The Kier molecular flexibility index (Phi) is 5.61. The Morgan fingerprint density at radius 3 is 2.35 bits per heavy atom. The number of hydrazone groups is 1. The van der Waals surface area contributed by atoms with Crippen LogP contribution in [0.25, 0.3) is 11.1 Å². The van der Waals surface area contributed by atoms with E-state index in [1.165, 1.54) is 6.07 Å². The summed E-state index contributed by atoms with van der Waals surface area (Å²) < 4.78 is 19.3. The highest BCUT2D eigenvalue weighted by molar-refractivity contribution is 6.12. The van der Waals surface area contributed by atoms with Crippen molar-refractivity contribution in [2.24, 2.45) is 10.9 Å². The van der Waals surface area contributed by atoms with Crippen LogP contribution in [0.2, 0.25) is 0 Å². The minimum absolute atomic E-state index is 0.316. The van der Waals surface area contributed by atoms with Gasteiger partial charge in [-0.1, -0.05) is 60.7 Å². The first-order valence-corrected chi connectivity index (χ1v) is 8.20. The molecule has 3 rings (SSSR count). The molecule has 26 heavy (non-hydrogen) atoms. The van der Waals surface area contributed by atoms with Crippen LogP contribution in [-0.4, -0.2) is 12.9 Å². The van der Waals surface area contributed by atoms with Crippen molar-refractivity contribution in [3.63, 3.8) is 0 Å². The second kappa shape index (κ2) is 8.27. The average molecular weight is 349 g/mol. The highest BCUT2D eigenvalue weighted by Gasteiger charge is 2.14. The first-order valence-electron chi connectivity index (χ1n) is 8.20. The molecule has 0 saturated heterocycles. The molecule has 0 saturated carbocycles. The number of ether oxygens (including phenoxy) is 1. The lowest BCUT2D eigenvalue weighted by Crippen LogP contribution is -2.18. The van der Waals surface area contributed by atoms with Gasteiger partial charge in [-0.25, -0.2) is 4.39 Å². The van der Waals surface area contributed by atoms with Gasteiger partial charge >= 0.3 is 0 Å². The van der Waals surface area contributed by atoms with Crippen molar-refractivity contribution in [1.29, 1.82) is 0 Å². The fourth-order valence-corrected chi connectivity index (χ4v) is 2.85. The summed E-state index contributed by atoms with van der Waals surface area (Å²) in [5.41, 5.74) is 4.10. The summed E-state index contributed by atoms with van der Waals surface area (Å²) in [5, 5.41) is 6.86. The molecule has 0 bridgehead atoms. The number of para-hydroxylation sites is 1. The molecular weight excluding hydrogens is 329 g/mol. The van der Waals surface area contributed by atoms with E-state index in [9.17, 15) is 4.39 Å². The van der Waals surface area contributed by atoms with Gasteiger partial charge in [-0.3, -0.25) is 0 Å². The molecule has 132 valence electrons. The van der Waals surface area contributed by atoms with Gasteiger partial charge in [-0.15, -0.1) is 0 Å². The predicted octanol–water partition coefficient (Wildman–Crippen LogP) is 4.37. The van der Waals surface area contributed by atoms with E-state index in [4.69, 9.17) is 10.6 Å². The molecule has 0 aromatic heterocycles. The SMILES string of the molecule is COCc1ccccc1-c1ccccc1/C(=N/N)Nc1ccccc1F. The van der Waals surface area contributed by atoms with E-state index in [-0.39, 0.29) is 5.82 Å². The number of benzene rings is 3. The van der Waals surface area contributed by atoms with Gasteiger partial charge in [0, 0.05) is 12.7 Å². The number of methoxy groups -OCH3 is 1. The molecule has 5 heteroatoms. The Bertz CT molecular complexity index is 924. The Morgan fingerprint density at radius 2 is 1.62 bits per heavy atom. The Hall–Kier alpha value is -3.18. The largest absolute Gasteiger partial charge is 0.380 e. The van der Waals surface area contributed by atoms with Crippen molar-refractivity contribution >= 4 is 11.5 Å². The molecule has 3 aromatic rings. The lowest BCUT2D eigenvalue weighted by Gasteiger charge is -2.16. The molecule has 0 spiro atoms. The summed E-state index contributed by atoms with van der Waals surface area (Å²) in [6.07, 6.45) is 0. The van der Waals surface area contributed by atoms with Crippen molar-refractivity contribution < 1.29 is 9.13 Å². The third kappa shape index (κ3) is 3.73. The average Bonchev–Trinajstić information content (AvgIpc) is 2.68. The molecule has 3 aromatic carbocycles. The molecule has 0 aliphatic rings. The normalized spacial score (nSPS) is 11.4. The second-order valence-corrected chi connectivity index (χ2v) is 5.72. The smallest absolute Gasteiger partial charge is 0.157 e. The number of anilines is 1. The number of hydrogen-bond donors (Lipinski definition) is 2. The van der Waals surface area contributed by atoms with Crippen LogP contribution in [0.4, 0.5) is 10.1 Å². The van der Waals surface area contributed by atoms with Gasteiger partial charge in [0.2, 0.25) is 0 Å². The van der Waals surface area contributed by atoms with Crippen LogP contribution in [0, 0.1) is 5.82 Å². The van der Waals surface area contributed by atoms with E-state index in [1.54, 1.807) is 25.3 Å². The number of halogens is 1. The molecule has 0 amide bonds. The maximum absolute atomic E-state index is 14.0. The lowest BCUT2D eigenvalue weighted by atomic mass is 9.95. The third-order valence-corrected chi connectivity index (χ3v) is 4.05. The van der Waals surface area contributed by atoms with E-state index in [2.05, 4.69) is 10.4 Å². The summed E-state index contributed by atoms with van der Waals surface area (Å²) >= 11 is 0. The van der Waals surface area contributed by atoms with Crippen molar-refractivity contribution in [3.8, 4) is 11.1 Å². The van der Waals surface area contributed by atoms with Crippen LogP contribution < -0.4 is 11.2 Å². The number of rotatable bonds is 5. The zero-order valence-electron chi connectivity index (χ0n) is 14.4. The first-order chi connectivity index (χ1) is 12.7. The van der Waals surface area contributed by atoms with Gasteiger partial charge in [-0.05, 0) is 28.8 Å². The molecule has 0 aliphatic heterocycles. The van der Waals surface area contributed by atoms with Crippen LogP contribution in [0.5, 0.6) is 0 Å². The van der Waals surface area contributed by atoms with Crippen molar-refractivity contribution in [3.05, 3.63) is 89.7 Å². The van der Waals surface area contributed by atoms with Crippen LogP contribution in [0.3, 0.4) is 0 Å². The fraction of sp³-hybridized carbons (Fsp3) is 0.0952. The van der Waals surface area contributed by atoms with Gasteiger partial charge in [0.25, 0.3) is 0 Å².